The minimum atomic E-state index is -0.212. The van der Waals surface area contributed by atoms with Crippen LogP contribution in [0.4, 0.5) is 10.1 Å². The second kappa shape index (κ2) is 6.01. The fourth-order valence-electron chi connectivity index (χ4n) is 1.95. The van der Waals surface area contributed by atoms with E-state index in [9.17, 15) is 4.39 Å². The maximum absolute atomic E-state index is 12.8. The normalized spacial score (nSPS) is 11.6. The van der Waals surface area contributed by atoms with Gasteiger partial charge in [-0.1, -0.05) is 12.1 Å². The summed E-state index contributed by atoms with van der Waals surface area (Å²) >= 11 is 0. The molecule has 0 fully saturated rings. The second-order valence-corrected chi connectivity index (χ2v) is 4.57. The molecule has 0 bridgehead atoms. The summed E-state index contributed by atoms with van der Waals surface area (Å²) in [6.45, 7) is 2.07. The van der Waals surface area contributed by atoms with Gasteiger partial charge in [-0.05, 0) is 55.3 Å². The lowest BCUT2D eigenvalue weighted by Crippen LogP contribution is -2.17. The van der Waals surface area contributed by atoms with Gasteiger partial charge in [0.25, 0.3) is 0 Å². The number of nitriles is 1. The largest absolute Gasteiger partial charge is 0.382 e. The van der Waals surface area contributed by atoms with E-state index in [0.717, 1.165) is 17.7 Å². The first-order valence-electron chi connectivity index (χ1n) is 6.18. The molecular formula is C16H15FN2. The van der Waals surface area contributed by atoms with Crippen molar-refractivity contribution in [2.24, 2.45) is 0 Å². The molecule has 0 radical (unpaired) electrons. The zero-order valence-electron chi connectivity index (χ0n) is 10.7. The summed E-state index contributed by atoms with van der Waals surface area (Å²) < 4.78 is 12.8. The van der Waals surface area contributed by atoms with Crippen LogP contribution in [0.25, 0.3) is 0 Å². The minimum absolute atomic E-state index is 0.212. The van der Waals surface area contributed by atoms with Crippen LogP contribution in [-0.4, -0.2) is 6.04 Å². The van der Waals surface area contributed by atoms with Crippen LogP contribution >= 0.6 is 0 Å². The SMILES string of the molecule is CC(Cc1ccc(F)cc1)Nc1ccc(C#N)cc1. The highest BCUT2D eigenvalue weighted by Gasteiger charge is 2.04. The molecule has 0 heterocycles. The van der Waals surface area contributed by atoms with E-state index in [4.69, 9.17) is 5.26 Å². The molecular weight excluding hydrogens is 239 g/mol. The lowest BCUT2D eigenvalue weighted by molar-refractivity contribution is 0.626. The average Bonchev–Trinajstić information content (AvgIpc) is 2.42. The molecule has 0 saturated carbocycles. The predicted molar refractivity (Wildman–Crippen MR) is 74.3 cm³/mol. The van der Waals surface area contributed by atoms with Crippen molar-refractivity contribution in [2.75, 3.05) is 5.32 Å². The van der Waals surface area contributed by atoms with Crippen molar-refractivity contribution in [3.8, 4) is 6.07 Å². The number of hydrogen-bond donors (Lipinski definition) is 1. The number of rotatable bonds is 4. The molecule has 2 aromatic rings. The number of nitrogens with one attached hydrogen (secondary N) is 1. The number of anilines is 1. The van der Waals surface area contributed by atoms with Crippen LogP contribution in [0.1, 0.15) is 18.1 Å². The molecule has 0 aliphatic rings. The average molecular weight is 254 g/mol. The van der Waals surface area contributed by atoms with E-state index >= 15 is 0 Å². The molecule has 0 spiro atoms. The first-order valence-corrected chi connectivity index (χ1v) is 6.18. The summed E-state index contributed by atoms with van der Waals surface area (Å²) in [4.78, 5) is 0. The molecule has 1 N–H and O–H groups in total. The Kier molecular flexibility index (Phi) is 4.15. The van der Waals surface area contributed by atoms with Crippen molar-refractivity contribution in [1.29, 1.82) is 5.26 Å². The van der Waals surface area contributed by atoms with E-state index in [0.29, 0.717) is 5.56 Å². The van der Waals surface area contributed by atoms with Crippen molar-refractivity contribution in [3.05, 3.63) is 65.5 Å². The van der Waals surface area contributed by atoms with E-state index in [-0.39, 0.29) is 11.9 Å². The van der Waals surface area contributed by atoms with Gasteiger partial charge < -0.3 is 5.32 Å². The molecule has 0 saturated heterocycles. The Morgan fingerprint density at radius 1 is 1.11 bits per heavy atom. The van der Waals surface area contributed by atoms with Crippen molar-refractivity contribution in [3.63, 3.8) is 0 Å². The van der Waals surface area contributed by atoms with E-state index in [2.05, 4.69) is 18.3 Å². The molecule has 19 heavy (non-hydrogen) atoms. The standard InChI is InChI=1S/C16H15FN2/c1-12(10-13-2-6-15(17)7-3-13)19-16-8-4-14(11-18)5-9-16/h2-9,12,19H,10H2,1H3. The van der Waals surface area contributed by atoms with Gasteiger partial charge in [0, 0.05) is 11.7 Å². The fraction of sp³-hybridized carbons (Fsp3) is 0.188. The predicted octanol–water partition coefficient (Wildman–Crippen LogP) is 3.74. The Hall–Kier alpha value is -2.34. The lowest BCUT2D eigenvalue weighted by atomic mass is 10.1. The molecule has 2 aromatic carbocycles. The van der Waals surface area contributed by atoms with Crippen LogP contribution in [0.5, 0.6) is 0 Å². The molecule has 0 aliphatic heterocycles. The summed E-state index contributed by atoms with van der Waals surface area (Å²) in [5.41, 5.74) is 2.72. The number of hydrogen-bond acceptors (Lipinski definition) is 2. The van der Waals surface area contributed by atoms with E-state index < -0.39 is 0 Å². The molecule has 1 atom stereocenters. The van der Waals surface area contributed by atoms with Crippen LogP contribution in [0.15, 0.2) is 48.5 Å². The molecule has 96 valence electrons. The summed E-state index contributed by atoms with van der Waals surface area (Å²) in [5.74, 6) is -0.212. The third-order valence-corrected chi connectivity index (χ3v) is 2.88. The van der Waals surface area contributed by atoms with Gasteiger partial charge in [0.2, 0.25) is 0 Å². The molecule has 2 nitrogen and oxygen atoms in total. The summed E-state index contributed by atoms with van der Waals surface area (Å²) in [7, 11) is 0. The lowest BCUT2D eigenvalue weighted by Gasteiger charge is -2.15. The van der Waals surface area contributed by atoms with Gasteiger partial charge in [0.05, 0.1) is 11.6 Å². The summed E-state index contributed by atoms with van der Waals surface area (Å²) in [5, 5.41) is 12.1. The molecule has 3 heteroatoms. The Morgan fingerprint density at radius 3 is 2.32 bits per heavy atom. The highest BCUT2D eigenvalue weighted by Crippen LogP contribution is 2.13. The van der Waals surface area contributed by atoms with Gasteiger partial charge in [-0.25, -0.2) is 4.39 Å². The summed E-state index contributed by atoms with van der Waals surface area (Å²) in [6, 6.07) is 16.2. The topological polar surface area (TPSA) is 35.8 Å². The van der Waals surface area contributed by atoms with E-state index in [1.54, 1.807) is 24.3 Å². The number of benzene rings is 2. The zero-order chi connectivity index (χ0) is 13.7. The van der Waals surface area contributed by atoms with Crippen molar-refractivity contribution in [2.45, 2.75) is 19.4 Å². The second-order valence-electron chi connectivity index (χ2n) is 4.57. The van der Waals surface area contributed by atoms with E-state index in [1.807, 2.05) is 12.1 Å². The van der Waals surface area contributed by atoms with Gasteiger partial charge in [0.1, 0.15) is 5.82 Å². The fourth-order valence-corrected chi connectivity index (χ4v) is 1.95. The third-order valence-electron chi connectivity index (χ3n) is 2.88. The Labute approximate surface area is 112 Å². The number of halogens is 1. The maximum Gasteiger partial charge on any atom is 0.123 e. The zero-order valence-corrected chi connectivity index (χ0v) is 10.7. The van der Waals surface area contributed by atoms with Gasteiger partial charge in [-0.15, -0.1) is 0 Å². The molecule has 1 unspecified atom stereocenters. The number of nitrogens with zero attached hydrogens (tertiary/aromatic N) is 1. The Bertz CT molecular complexity index is 567. The Balaban J connectivity index is 1.95. The first-order chi connectivity index (χ1) is 9.17. The minimum Gasteiger partial charge on any atom is -0.382 e. The smallest absolute Gasteiger partial charge is 0.123 e. The summed E-state index contributed by atoms with van der Waals surface area (Å²) in [6.07, 6.45) is 0.820. The van der Waals surface area contributed by atoms with Crippen LogP contribution in [-0.2, 0) is 6.42 Å². The Morgan fingerprint density at radius 2 is 1.74 bits per heavy atom. The van der Waals surface area contributed by atoms with Crippen LogP contribution in [0.3, 0.4) is 0 Å². The van der Waals surface area contributed by atoms with Gasteiger partial charge in [0.15, 0.2) is 0 Å². The van der Waals surface area contributed by atoms with Crippen LogP contribution < -0.4 is 5.32 Å². The van der Waals surface area contributed by atoms with E-state index in [1.165, 1.54) is 12.1 Å². The highest BCUT2D eigenvalue weighted by molar-refractivity contribution is 5.47. The monoisotopic (exact) mass is 254 g/mol. The third kappa shape index (κ3) is 3.82. The molecule has 2 rings (SSSR count). The van der Waals surface area contributed by atoms with Gasteiger partial charge >= 0.3 is 0 Å². The molecule has 0 aliphatic carbocycles. The van der Waals surface area contributed by atoms with Crippen LogP contribution in [0, 0.1) is 17.1 Å². The molecule has 0 aromatic heterocycles. The van der Waals surface area contributed by atoms with Crippen molar-refractivity contribution in [1.82, 2.24) is 0 Å². The quantitative estimate of drug-likeness (QED) is 0.902. The first kappa shape index (κ1) is 13.1. The van der Waals surface area contributed by atoms with Crippen molar-refractivity contribution >= 4 is 5.69 Å². The highest BCUT2D eigenvalue weighted by atomic mass is 19.1. The van der Waals surface area contributed by atoms with Crippen LogP contribution in [0.2, 0.25) is 0 Å². The maximum atomic E-state index is 12.8. The van der Waals surface area contributed by atoms with Gasteiger partial charge in [-0.2, -0.15) is 5.26 Å². The molecule has 0 amide bonds. The van der Waals surface area contributed by atoms with Crippen molar-refractivity contribution < 1.29 is 4.39 Å². The van der Waals surface area contributed by atoms with Gasteiger partial charge in [-0.3, -0.25) is 0 Å².